The van der Waals surface area contributed by atoms with Crippen LogP contribution in [0.5, 0.6) is 0 Å². The topological polar surface area (TPSA) is 47.6 Å². The van der Waals surface area contributed by atoms with E-state index in [9.17, 15) is 0 Å². The van der Waals surface area contributed by atoms with Crippen molar-refractivity contribution in [2.75, 3.05) is 0 Å². The first kappa shape index (κ1) is 13.5. The maximum absolute atomic E-state index is 8.47. The van der Waals surface area contributed by atoms with E-state index in [-0.39, 0.29) is 0 Å². The monoisotopic (exact) mass is 234 g/mol. The van der Waals surface area contributed by atoms with Gasteiger partial charge < -0.3 is 0 Å². The molecule has 0 atom stereocenters. The summed E-state index contributed by atoms with van der Waals surface area (Å²) in [7, 11) is 0. The standard InChI is InChI=1S/2C8H7N/c1-7-3-2-4-8(5-7)6-9;1-7-4-2-3-5-8(7)6-9/h2*2-5H,1H3. The summed E-state index contributed by atoms with van der Waals surface area (Å²) in [6.07, 6.45) is 0. The van der Waals surface area contributed by atoms with Gasteiger partial charge in [-0.05, 0) is 43.2 Å². The molecule has 0 N–H and O–H groups in total. The zero-order valence-corrected chi connectivity index (χ0v) is 10.5. The maximum Gasteiger partial charge on any atom is 0.0994 e. The van der Waals surface area contributed by atoms with Crippen molar-refractivity contribution in [3.05, 3.63) is 70.8 Å². The Morgan fingerprint density at radius 2 is 1.56 bits per heavy atom. The van der Waals surface area contributed by atoms with Gasteiger partial charge >= 0.3 is 0 Å². The predicted octanol–water partition coefficient (Wildman–Crippen LogP) is 3.73. The molecule has 2 aromatic rings. The van der Waals surface area contributed by atoms with Gasteiger partial charge in [0.25, 0.3) is 0 Å². The SMILES string of the molecule is Cc1cccc(C#N)c1.Cc1ccccc1C#N. The lowest BCUT2D eigenvalue weighted by atomic mass is 10.1. The summed E-state index contributed by atoms with van der Waals surface area (Å²) in [4.78, 5) is 0. The molecule has 0 aromatic heterocycles. The van der Waals surface area contributed by atoms with E-state index in [1.165, 1.54) is 0 Å². The highest BCUT2D eigenvalue weighted by atomic mass is 14.2. The predicted molar refractivity (Wildman–Crippen MR) is 71.8 cm³/mol. The van der Waals surface area contributed by atoms with Gasteiger partial charge in [0.1, 0.15) is 0 Å². The quantitative estimate of drug-likeness (QED) is 0.697. The third-order valence-corrected chi connectivity index (χ3v) is 2.41. The normalized spacial score (nSPS) is 8.44. The van der Waals surface area contributed by atoms with E-state index in [4.69, 9.17) is 10.5 Å². The van der Waals surface area contributed by atoms with Gasteiger partial charge in [-0.2, -0.15) is 10.5 Å². The van der Waals surface area contributed by atoms with Gasteiger partial charge in [-0.25, -0.2) is 0 Å². The van der Waals surface area contributed by atoms with Crippen LogP contribution in [-0.2, 0) is 0 Å². The van der Waals surface area contributed by atoms with E-state index in [1.807, 2.05) is 56.3 Å². The lowest BCUT2D eigenvalue weighted by molar-refractivity contribution is 1.39. The molecule has 2 rings (SSSR count). The summed E-state index contributed by atoms with van der Waals surface area (Å²) in [5.74, 6) is 0. The van der Waals surface area contributed by atoms with Gasteiger partial charge in [-0.1, -0.05) is 30.3 Å². The fourth-order valence-electron chi connectivity index (χ4n) is 1.41. The van der Waals surface area contributed by atoms with E-state index in [0.717, 1.165) is 22.3 Å². The number of hydrogen-bond donors (Lipinski definition) is 0. The molecule has 2 heteroatoms. The second-order valence-corrected chi connectivity index (χ2v) is 3.91. The highest BCUT2D eigenvalue weighted by Gasteiger charge is 1.90. The molecule has 0 amide bonds. The van der Waals surface area contributed by atoms with Gasteiger partial charge in [0.15, 0.2) is 0 Å². The molecule has 0 saturated carbocycles. The number of nitrogens with zero attached hydrogens (tertiary/aromatic N) is 2. The summed E-state index contributed by atoms with van der Waals surface area (Å²) in [6.45, 7) is 3.90. The van der Waals surface area contributed by atoms with E-state index in [1.54, 1.807) is 6.07 Å². The minimum atomic E-state index is 0.731. The zero-order valence-electron chi connectivity index (χ0n) is 10.5. The van der Waals surface area contributed by atoms with Crippen LogP contribution >= 0.6 is 0 Å². The van der Waals surface area contributed by atoms with Gasteiger partial charge in [-0.3, -0.25) is 0 Å². The average Bonchev–Trinajstić information content (AvgIpc) is 2.40. The molecular formula is C16H14N2. The number of aryl methyl sites for hydroxylation is 2. The van der Waals surface area contributed by atoms with Crippen molar-refractivity contribution in [3.8, 4) is 12.1 Å². The number of nitriles is 2. The number of rotatable bonds is 0. The number of hydrogen-bond acceptors (Lipinski definition) is 2. The Morgan fingerprint density at radius 1 is 0.833 bits per heavy atom. The van der Waals surface area contributed by atoms with E-state index >= 15 is 0 Å². The smallest absolute Gasteiger partial charge is 0.0994 e. The molecule has 0 aliphatic heterocycles. The molecule has 88 valence electrons. The Labute approximate surface area is 108 Å². The molecule has 0 aliphatic rings. The first-order valence-corrected chi connectivity index (χ1v) is 5.60. The van der Waals surface area contributed by atoms with Crippen LogP contribution in [0.3, 0.4) is 0 Å². The van der Waals surface area contributed by atoms with Crippen molar-refractivity contribution in [2.24, 2.45) is 0 Å². The molecule has 18 heavy (non-hydrogen) atoms. The van der Waals surface area contributed by atoms with Crippen LogP contribution in [0.25, 0.3) is 0 Å². The minimum Gasteiger partial charge on any atom is -0.192 e. The molecule has 0 saturated heterocycles. The van der Waals surface area contributed by atoms with E-state index < -0.39 is 0 Å². The van der Waals surface area contributed by atoms with Crippen LogP contribution in [0.2, 0.25) is 0 Å². The lowest BCUT2D eigenvalue weighted by Crippen LogP contribution is -1.77. The highest BCUT2D eigenvalue weighted by Crippen LogP contribution is 2.03. The molecule has 0 fully saturated rings. The van der Waals surface area contributed by atoms with Crippen LogP contribution in [0.15, 0.2) is 48.5 Å². The largest absolute Gasteiger partial charge is 0.192 e. The van der Waals surface area contributed by atoms with Gasteiger partial charge in [0.2, 0.25) is 0 Å². The molecule has 0 aliphatic carbocycles. The average molecular weight is 234 g/mol. The zero-order chi connectivity index (χ0) is 13.4. The van der Waals surface area contributed by atoms with Gasteiger partial charge in [0, 0.05) is 0 Å². The Kier molecular flexibility index (Phi) is 5.16. The fourth-order valence-corrected chi connectivity index (χ4v) is 1.41. The molecule has 0 unspecified atom stereocenters. The second-order valence-electron chi connectivity index (χ2n) is 3.91. The Balaban J connectivity index is 0.000000180. The molecule has 0 heterocycles. The number of benzene rings is 2. The summed E-state index contributed by atoms with van der Waals surface area (Å²) < 4.78 is 0. The fraction of sp³-hybridized carbons (Fsp3) is 0.125. The van der Waals surface area contributed by atoms with Crippen molar-refractivity contribution < 1.29 is 0 Å². The van der Waals surface area contributed by atoms with Crippen molar-refractivity contribution in [3.63, 3.8) is 0 Å². The summed E-state index contributed by atoms with van der Waals surface area (Å²) in [5.41, 5.74) is 3.67. The molecule has 2 aromatic carbocycles. The van der Waals surface area contributed by atoms with E-state index in [2.05, 4.69) is 12.1 Å². The third-order valence-electron chi connectivity index (χ3n) is 2.41. The molecular weight excluding hydrogens is 220 g/mol. The summed E-state index contributed by atoms with van der Waals surface area (Å²) in [6, 6.07) is 19.2. The minimum absolute atomic E-state index is 0.731. The summed E-state index contributed by atoms with van der Waals surface area (Å²) >= 11 is 0. The van der Waals surface area contributed by atoms with Gasteiger partial charge in [0.05, 0.1) is 23.3 Å². The molecule has 0 bridgehead atoms. The van der Waals surface area contributed by atoms with Crippen LogP contribution in [-0.4, -0.2) is 0 Å². The third kappa shape index (κ3) is 4.12. The Bertz CT molecular complexity index is 601. The van der Waals surface area contributed by atoms with Crippen molar-refractivity contribution in [2.45, 2.75) is 13.8 Å². The van der Waals surface area contributed by atoms with Crippen LogP contribution in [0.4, 0.5) is 0 Å². The molecule has 2 nitrogen and oxygen atoms in total. The second kappa shape index (κ2) is 6.89. The van der Waals surface area contributed by atoms with Crippen molar-refractivity contribution in [1.29, 1.82) is 10.5 Å². The Hall–Kier alpha value is -2.58. The van der Waals surface area contributed by atoms with Crippen molar-refractivity contribution in [1.82, 2.24) is 0 Å². The van der Waals surface area contributed by atoms with Crippen LogP contribution in [0, 0.1) is 36.5 Å². The van der Waals surface area contributed by atoms with Crippen molar-refractivity contribution >= 4 is 0 Å². The maximum atomic E-state index is 8.47. The van der Waals surface area contributed by atoms with Crippen LogP contribution in [0.1, 0.15) is 22.3 Å². The first-order valence-electron chi connectivity index (χ1n) is 5.60. The summed E-state index contributed by atoms with van der Waals surface area (Å²) in [5, 5.41) is 16.9. The first-order chi connectivity index (χ1) is 8.67. The van der Waals surface area contributed by atoms with Gasteiger partial charge in [-0.15, -0.1) is 0 Å². The molecule has 0 spiro atoms. The Morgan fingerprint density at radius 3 is 2.00 bits per heavy atom. The molecule has 0 radical (unpaired) electrons. The van der Waals surface area contributed by atoms with Crippen LogP contribution < -0.4 is 0 Å². The lowest BCUT2D eigenvalue weighted by Gasteiger charge is -1.90. The van der Waals surface area contributed by atoms with E-state index in [0.29, 0.717) is 0 Å². The highest BCUT2D eigenvalue weighted by molar-refractivity contribution is 5.35.